The molecule has 0 spiro atoms. The molecule has 1 unspecified atom stereocenters. The van der Waals surface area contributed by atoms with Gasteiger partial charge in [-0.2, -0.15) is 0 Å². The second-order valence-electron chi connectivity index (χ2n) is 3.30. The van der Waals surface area contributed by atoms with Crippen LogP contribution in [0.1, 0.15) is 5.69 Å². The van der Waals surface area contributed by atoms with Crippen LogP contribution in [-0.4, -0.2) is 19.2 Å². The number of hydrogen-bond acceptors (Lipinski definition) is 3. The molecule has 0 amide bonds. The van der Waals surface area contributed by atoms with E-state index >= 15 is 0 Å². The fraction of sp³-hybridized carbons (Fsp3) is 0.200. The van der Waals surface area contributed by atoms with Crippen LogP contribution in [0.15, 0.2) is 35.4 Å². The van der Waals surface area contributed by atoms with Gasteiger partial charge in [-0.15, -0.1) is 5.10 Å². The van der Waals surface area contributed by atoms with Crippen molar-refractivity contribution in [3.8, 4) is 0 Å². The van der Waals surface area contributed by atoms with Gasteiger partial charge >= 0.3 is 0 Å². The molecule has 4 nitrogen and oxygen atoms in total. The fourth-order valence-corrected chi connectivity index (χ4v) is 2.38. The zero-order valence-corrected chi connectivity index (χ0v) is 9.45. The molecule has 6 heteroatoms. The summed E-state index contributed by atoms with van der Waals surface area (Å²) in [4.78, 5) is 0.202. The van der Waals surface area contributed by atoms with E-state index in [0.717, 1.165) is 0 Å². The summed E-state index contributed by atoms with van der Waals surface area (Å²) in [6.45, 7) is 0. The molecule has 0 saturated carbocycles. The van der Waals surface area contributed by atoms with Crippen molar-refractivity contribution in [3.05, 3.63) is 42.0 Å². The molecule has 16 heavy (non-hydrogen) atoms. The van der Waals surface area contributed by atoms with Gasteiger partial charge in [0.1, 0.15) is 5.82 Å². The van der Waals surface area contributed by atoms with Crippen LogP contribution in [0.25, 0.3) is 0 Å². The number of aryl methyl sites for hydroxylation is 1. The molecule has 0 aliphatic heterocycles. The van der Waals surface area contributed by atoms with Gasteiger partial charge in [0.05, 0.1) is 27.1 Å². The third kappa shape index (κ3) is 2.33. The van der Waals surface area contributed by atoms with Crippen LogP contribution in [0.2, 0.25) is 0 Å². The number of hydrogen-bond donors (Lipinski definition) is 0. The minimum atomic E-state index is -1.42. The van der Waals surface area contributed by atoms with Crippen molar-refractivity contribution in [2.75, 3.05) is 0 Å². The smallest absolute Gasteiger partial charge is 0.139 e. The number of rotatable bonds is 3. The third-order valence-electron chi connectivity index (χ3n) is 2.01. The molecule has 2 aromatic rings. The molecular formula is C10H10FN3OS. The van der Waals surface area contributed by atoms with E-state index in [1.54, 1.807) is 25.4 Å². The molecule has 0 bridgehead atoms. The first-order chi connectivity index (χ1) is 7.66. The number of nitrogens with zero attached hydrogens (tertiary/aromatic N) is 3. The maximum absolute atomic E-state index is 13.3. The molecule has 1 heterocycles. The lowest BCUT2D eigenvalue weighted by Crippen LogP contribution is -1.99. The quantitative estimate of drug-likeness (QED) is 0.810. The second kappa shape index (κ2) is 4.52. The summed E-state index contributed by atoms with van der Waals surface area (Å²) in [6, 6.07) is 6.04. The van der Waals surface area contributed by atoms with Crippen LogP contribution >= 0.6 is 0 Å². The minimum absolute atomic E-state index is 0.175. The average Bonchev–Trinajstić information content (AvgIpc) is 2.64. The lowest BCUT2D eigenvalue weighted by Gasteiger charge is -2.00. The van der Waals surface area contributed by atoms with Crippen LogP contribution in [0.4, 0.5) is 4.39 Å². The summed E-state index contributed by atoms with van der Waals surface area (Å²) in [5.41, 5.74) is 0.587. The van der Waals surface area contributed by atoms with E-state index < -0.39 is 16.6 Å². The molecule has 0 aliphatic carbocycles. The van der Waals surface area contributed by atoms with Gasteiger partial charge in [0.15, 0.2) is 0 Å². The Bertz CT molecular complexity index is 526. The van der Waals surface area contributed by atoms with Crippen LogP contribution in [0, 0.1) is 5.82 Å². The molecule has 0 fully saturated rings. The lowest BCUT2D eigenvalue weighted by molar-refractivity contribution is 0.595. The van der Waals surface area contributed by atoms with Crippen LogP contribution in [-0.2, 0) is 23.6 Å². The van der Waals surface area contributed by atoms with Gasteiger partial charge in [-0.25, -0.2) is 4.39 Å². The van der Waals surface area contributed by atoms with E-state index in [1.165, 1.54) is 16.8 Å². The van der Waals surface area contributed by atoms with Gasteiger partial charge in [0.25, 0.3) is 0 Å². The number of benzene rings is 1. The van der Waals surface area contributed by atoms with E-state index in [1.807, 2.05) is 0 Å². The lowest BCUT2D eigenvalue weighted by atomic mass is 10.3. The van der Waals surface area contributed by atoms with Crippen molar-refractivity contribution in [1.29, 1.82) is 0 Å². The Morgan fingerprint density at radius 3 is 2.81 bits per heavy atom. The Hall–Kier alpha value is -1.56. The van der Waals surface area contributed by atoms with Crippen molar-refractivity contribution in [2.45, 2.75) is 10.6 Å². The van der Waals surface area contributed by atoms with Gasteiger partial charge < -0.3 is 0 Å². The van der Waals surface area contributed by atoms with Gasteiger partial charge in [-0.05, 0) is 12.1 Å². The molecule has 0 radical (unpaired) electrons. The zero-order valence-electron chi connectivity index (χ0n) is 8.63. The van der Waals surface area contributed by atoms with Crippen molar-refractivity contribution in [2.24, 2.45) is 7.05 Å². The Morgan fingerprint density at radius 2 is 2.19 bits per heavy atom. The molecule has 1 atom stereocenters. The average molecular weight is 239 g/mol. The van der Waals surface area contributed by atoms with E-state index in [2.05, 4.69) is 10.3 Å². The number of aromatic nitrogens is 3. The largest absolute Gasteiger partial charge is 0.255 e. The van der Waals surface area contributed by atoms with Crippen molar-refractivity contribution in [3.63, 3.8) is 0 Å². The maximum Gasteiger partial charge on any atom is 0.139 e. The van der Waals surface area contributed by atoms with Crippen molar-refractivity contribution < 1.29 is 8.60 Å². The summed E-state index contributed by atoms with van der Waals surface area (Å²) in [5.74, 6) is -0.279. The van der Waals surface area contributed by atoms with Crippen LogP contribution < -0.4 is 0 Å². The summed E-state index contributed by atoms with van der Waals surface area (Å²) in [5, 5.41) is 7.53. The first-order valence-electron chi connectivity index (χ1n) is 4.65. The molecule has 84 valence electrons. The Labute approximate surface area is 94.6 Å². The summed E-state index contributed by atoms with van der Waals surface area (Å²) in [7, 11) is 0.301. The topological polar surface area (TPSA) is 47.8 Å². The molecule has 1 aromatic carbocycles. The van der Waals surface area contributed by atoms with Gasteiger partial charge in [0.2, 0.25) is 0 Å². The summed E-state index contributed by atoms with van der Waals surface area (Å²) in [6.07, 6.45) is 1.67. The summed E-state index contributed by atoms with van der Waals surface area (Å²) >= 11 is 0. The normalized spacial score (nSPS) is 12.6. The predicted octanol–water partition coefficient (Wildman–Crippen LogP) is 1.26. The van der Waals surface area contributed by atoms with Crippen molar-refractivity contribution >= 4 is 10.8 Å². The predicted molar refractivity (Wildman–Crippen MR) is 57.5 cm³/mol. The Balaban J connectivity index is 2.18. The standard InChI is InChI=1S/C10H10FN3OS/c1-14-6-8(12-13-14)7-16(15)10-5-3-2-4-9(10)11/h2-6H,7H2,1H3. The van der Waals surface area contributed by atoms with Gasteiger partial charge in [-0.1, -0.05) is 17.3 Å². The minimum Gasteiger partial charge on any atom is -0.255 e. The van der Waals surface area contributed by atoms with E-state index in [4.69, 9.17) is 0 Å². The van der Waals surface area contributed by atoms with E-state index in [0.29, 0.717) is 5.69 Å². The third-order valence-corrected chi connectivity index (χ3v) is 3.39. The zero-order chi connectivity index (χ0) is 11.5. The molecule has 1 aromatic heterocycles. The van der Waals surface area contributed by atoms with Crippen molar-refractivity contribution in [1.82, 2.24) is 15.0 Å². The molecule has 0 saturated heterocycles. The Kier molecular flexibility index (Phi) is 3.09. The highest BCUT2D eigenvalue weighted by Crippen LogP contribution is 2.14. The molecular weight excluding hydrogens is 229 g/mol. The molecule has 0 aliphatic rings. The fourth-order valence-electron chi connectivity index (χ4n) is 1.30. The highest BCUT2D eigenvalue weighted by Gasteiger charge is 2.11. The number of halogens is 1. The maximum atomic E-state index is 13.3. The van der Waals surface area contributed by atoms with Gasteiger partial charge in [0, 0.05) is 13.2 Å². The van der Waals surface area contributed by atoms with Crippen LogP contribution in [0.3, 0.4) is 0 Å². The Morgan fingerprint density at radius 1 is 1.44 bits per heavy atom. The second-order valence-corrected chi connectivity index (χ2v) is 4.72. The molecule has 0 N–H and O–H groups in total. The van der Waals surface area contributed by atoms with E-state index in [-0.39, 0.29) is 10.6 Å². The first kappa shape index (κ1) is 10.9. The first-order valence-corrected chi connectivity index (χ1v) is 5.97. The highest BCUT2D eigenvalue weighted by molar-refractivity contribution is 7.84. The SMILES string of the molecule is Cn1cc(CS(=O)c2ccccc2F)nn1. The molecule has 2 rings (SSSR count). The van der Waals surface area contributed by atoms with Crippen LogP contribution in [0.5, 0.6) is 0 Å². The summed E-state index contributed by atoms with van der Waals surface area (Å²) < 4.78 is 26.7. The highest BCUT2D eigenvalue weighted by atomic mass is 32.2. The van der Waals surface area contributed by atoms with E-state index in [9.17, 15) is 8.60 Å². The van der Waals surface area contributed by atoms with Gasteiger partial charge in [-0.3, -0.25) is 8.89 Å². The monoisotopic (exact) mass is 239 g/mol.